The van der Waals surface area contributed by atoms with Crippen molar-refractivity contribution in [1.29, 1.82) is 0 Å². The van der Waals surface area contributed by atoms with Crippen LogP contribution < -0.4 is 10.8 Å². The number of nitrogens with one attached hydrogen (secondary N) is 2. The fourth-order valence-electron chi connectivity index (χ4n) is 4.69. The van der Waals surface area contributed by atoms with Gasteiger partial charge in [0.15, 0.2) is 0 Å². The molecule has 28 heavy (non-hydrogen) atoms. The van der Waals surface area contributed by atoms with E-state index in [4.69, 9.17) is 9.94 Å². The van der Waals surface area contributed by atoms with Crippen molar-refractivity contribution in [2.45, 2.75) is 77.1 Å². The third-order valence-electron chi connectivity index (χ3n) is 6.08. The lowest BCUT2D eigenvalue weighted by Crippen LogP contribution is -2.50. The molecule has 1 saturated carbocycles. The topological polar surface area (TPSA) is 131 Å². The second kappa shape index (κ2) is 7.75. The van der Waals surface area contributed by atoms with Gasteiger partial charge in [0.05, 0.1) is 12.1 Å². The summed E-state index contributed by atoms with van der Waals surface area (Å²) in [5.41, 5.74) is 2.25. The van der Waals surface area contributed by atoms with Crippen LogP contribution in [0.15, 0.2) is 0 Å². The zero-order valence-corrected chi connectivity index (χ0v) is 16.6. The Labute approximate surface area is 164 Å². The summed E-state index contributed by atoms with van der Waals surface area (Å²) in [6.07, 6.45) is 1.97. The minimum Gasteiger partial charge on any atom is -0.465 e. The first-order chi connectivity index (χ1) is 13.1. The van der Waals surface area contributed by atoms with E-state index >= 15 is 0 Å². The van der Waals surface area contributed by atoms with Crippen molar-refractivity contribution in [1.82, 2.24) is 20.8 Å². The standard InChI is InChI=1S/C18H30N4O6/c1-18(2,3)14(19-16(24)25)10-4-6-12(8-10)28-20-15(23)13-7-5-11-9-21(13)17(26)22(11)27/h10-14,19,27H,4-9H2,1-3H3,(H,20,23)(H,24,25)/t10-,11+,12-,13-,14?/m0/s1. The van der Waals surface area contributed by atoms with E-state index in [-0.39, 0.29) is 35.4 Å². The number of nitrogens with zero attached hydrogens (tertiary/aromatic N) is 2. The number of carboxylic acid groups (broad SMARTS) is 1. The monoisotopic (exact) mass is 398 g/mol. The Kier molecular flexibility index (Phi) is 5.72. The Morgan fingerprint density at radius 1 is 1.21 bits per heavy atom. The molecule has 10 nitrogen and oxygen atoms in total. The predicted molar refractivity (Wildman–Crippen MR) is 97.3 cm³/mol. The minimum atomic E-state index is -1.04. The number of hydrogen-bond acceptors (Lipinski definition) is 5. The average molecular weight is 398 g/mol. The maximum Gasteiger partial charge on any atom is 0.404 e. The SMILES string of the molecule is CC(C)(C)C(NC(=O)O)[C@H]1CC[C@H](ONC(=O)[C@@H]2CC[C@@H]3CN2C(=O)N3O)C1. The molecule has 0 aromatic rings. The van der Waals surface area contributed by atoms with E-state index in [2.05, 4.69) is 10.8 Å². The molecule has 0 aromatic carbocycles. The number of carbonyl (C=O) groups excluding carboxylic acids is 2. The average Bonchev–Trinajstić information content (AvgIpc) is 3.17. The van der Waals surface area contributed by atoms with Crippen LogP contribution in [0.3, 0.4) is 0 Å². The normalized spacial score (nSPS) is 31.1. The largest absolute Gasteiger partial charge is 0.465 e. The Morgan fingerprint density at radius 2 is 1.93 bits per heavy atom. The highest BCUT2D eigenvalue weighted by Crippen LogP contribution is 2.37. The van der Waals surface area contributed by atoms with E-state index in [0.29, 0.717) is 30.9 Å². The van der Waals surface area contributed by atoms with Crippen molar-refractivity contribution in [3.05, 3.63) is 0 Å². The van der Waals surface area contributed by atoms with E-state index in [9.17, 15) is 19.6 Å². The number of fused-ring (bicyclic) bond motifs is 2. The van der Waals surface area contributed by atoms with Crippen molar-refractivity contribution >= 4 is 18.0 Å². The van der Waals surface area contributed by atoms with Crippen LogP contribution in [0.1, 0.15) is 52.9 Å². The van der Waals surface area contributed by atoms with Gasteiger partial charge >= 0.3 is 12.1 Å². The van der Waals surface area contributed by atoms with Crippen molar-refractivity contribution in [2.24, 2.45) is 11.3 Å². The number of piperidine rings is 1. The third-order valence-corrected chi connectivity index (χ3v) is 6.08. The van der Waals surface area contributed by atoms with Gasteiger partial charge in [-0.3, -0.25) is 14.8 Å². The smallest absolute Gasteiger partial charge is 0.404 e. The molecule has 0 spiro atoms. The lowest BCUT2D eigenvalue weighted by molar-refractivity contribution is -0.143. The lowest BCUT2D eigenvalue weighted by atomic mass is 9.78. The van der Waals surface area contributed by atoms with Gasteiger partial charge in [-0.05, 0) is 43.4 Å². The predicted octanol–water partition coefficient (Wildman–Crippen LogP) is 1.54. The molecule has 3 fully saturated rings. The summed E-state index contributed by atoms with van der Waals surface area (Å²) in [6, 6.07) is -1.64. The zero-order chi connectivity index (χ0) is 20.6. The summed E-state index contributed by atoms with van der Waals surface area (Å²) >= 11 is 0. The number of hydroxylamine groups is 3. The number of rotatable bonds is 5. The van der Waals surface area contributed by atoms with Crippen LogP contribution in [0.25, 0.3) is 0 Å². The van der Waals surface area contributed by atoms with E-state index < -0.39 is 18.2 Å². The van der Waals surface area contributed by atoms with Gasteiger partial charge in [0.1, 0.15) is 6.04 Å². The van der Waals surface area contributed by atoms with Crippen LogP contribution >= 0.6 is 0 Å². The van der Waals surface area contributed by atoms with Crippen LogP contribution in [0.4, 0.5) is 9.59 Å². The van der Waals surface area contributed by atoms with Crippen LogP contribution in [-0.2, 0) is 9.63 Å². The molecule has 10 heteroatoms. The first-order valence-corrected chi connectivity index (χ1v) is 9.81. The molecule has 4 N–H and O–H groups in total. The number of amides is 4. The Morgan fingerprint density at radius 3 is 2.57 bits per heavy atom. The van der Waals surface area contributed by atoms with Gasteiger partial charge in [-0.2, -0.15) is 0 Å². The van der Waals surface area contributed by atoms with Gasteiger partial charge in [0, 0.05) is 12.6 Å². The highest BCUT2D eigenvalue weighted by atomic mass is 16.7. The van der Waals surface area contributed by atoms with Crippen molar-refractivity contribution in [3.8, 4) is 0 Å². The van der Waals surface area contributed by atoms with E-state index in [1.165, 1.54) is 4.90 Å². The second-order valence-electron chi connectivity index (χ2n) is 9.10. The van der Waals surface area contributed by atoms with E-state index in [1.807, 2.05) is 20.8 Å². The summed E-state index contributed by atoms with van der Waals surface area (Å²) in [7, 11) is 0. The fraction of sp³-hybridized carbons (Fsp3) is 0.833. The molecule has 3 rings (SSSR count). The summed E-state index contributed by atoms with van der Waals surface area (Å²) in [5.74, 6) is -0.266. The third kappa shape index (κ3) is 4.17. The van der Waals surface area contributed by atoms with Crippen molar-refractivity contribution in [3.63, 3.8) is 0 Å². The molecular formula is C18H30N4O6. The maximum absolute atomic E-state index is 12.5. The van der Waals surface area contributed by atoms with Gasteiger partial charge in [0.25, 0.3) is 5.91 Å². The minimum absolute atomic E-state index is 0.122. The van der Waals surface area contributed by atoms with Gasteiger partial charge in [-0.15, -0.1) is 0 Å². The molecule has 2 aliphatic heterocycles. The second-order valence-corrected chi connectivity index (χ2v) is 9.10. The molecule has 1 unspecified atom stereocenters. The molecule has 3 aliphatic rings. The van der Waals surface area contributed by atoms with Gasteiger partial charge in [0.2, 0.25) is 0 Å². The molecular weight excluding hydrogens is 368 g/mol. The fourth-order valence-corrected chi connectivity index (χ4v) is 4.69. The quantitative estimate of drug-likeness (QED) is 0.410. The van der Waals surface area contributed by atoms with Gasteiger partial charge in [-0.1, -0.05) is 20.8 Å². The highest BCUT2D eigenvalue weighted by molar-refractivity contribution is 5.87. The Bertz CT molecular complexity index is 636. The summed E-state index contributed by atoms with van der Waals surface area (Å²) in [4.78, 5) is 42.6. The van der Waals surface area contributed by atoms with Crippen LogP contribution in [-0.4, -0.2) is 69.1 Å². The molecule has 2 heterocycles. The molecule has 158 valence electrons. The first kappa shape index (κ1) is 20.7. The Hall–Kier alpha value is -2.07. The zero-order valence-electron chi connectivity index (χ0n) is 16.6. The molecule has 0 aromatic heterocycles. The van der Waals surface area contributed by atoms with Gasteiger partial charge < -0.3 is 15.3 Å². The molecule has 4 amide bonds. The first-order valence-electron chi connectivity index (χ1n) is 9.81. The number of urea groups is 1. The van der Waals surface area contributed by atoms with Crippen molar-refractivity contribution < 1.29 is 29.5 Å². The Balaban J connectivity index is 1.51. The highest BCUT2D eigenvalue weighted by Gasteiger charge is 2.47. The molecule has 2 bridgehead atoms. The maximum atomic E-state index is 12.5. The summed E-state index contributed by atoms with van der Waals surface area (Å²) in [5, 5.41) is 22.2. The van der Waals surface area contributed by atoms with Gasteiger partial charge in [-0.25, -0.2) is 20.1 Å². The lowest BCUT2D eigenvalue weighted by Gasteiger charge is -2.35. The summed E-state index contributed by atoms with van der Waals surface area (Å²) < 4.78 is 0. The van der Waals surface area contributed by atoms with E-state index in [1.54, 1.807) is 0 Å². The molecule has 0 radical (unpaired) electrons. The van der Waals surface area contributed by atoms with Crippen molar-refractivity contribution in [2.75, 3.05) is 6.54 Å². The van der Waals surface area contributed by atoms with Crippen LogP contribution in [0.5, 0.6) is 0 Å². The molecule has 1 aliphatic carbocycles. The molecule has 2 saturated heterocycles. The molecule has 5 atom stereocenters. The van der Waals surface area contributed by atoms with Crippen LogP contribution in [0.2, 0.25) is 0 Å². The van der Waals surface area contributed by atoms with Crippen LogP contribution in [0, 0.1) is 11.3 Å². The van der Waals surface area contributed by atoms with E-state index in [0.717, 1.165) is 12.8 Å². The summed E-state index contributed by atoms with van der Waals surface area (Å²) in [6.45, 7) is 6.33. The number of hydrogen-bond donors (Lipinski definition) is 4. The number of carbonyl (C=O) groups is 3.